The minimum absolute atomic E-state index is 0.204. The van der Waals surface area contributed by atoms with Gasteiger partial charge < -0.3 is 9.69 Å². The molecule has 1 aromatic carbocycles. The number of ketones is 1. The second kappa shape index (κ2) is 4.26. The Bertz CT molecular complexity index is 427. The van der Waals surface area contributed by atoms with Gasteiger partial charge in [-0.05, 0) is 5.56 Å². The van der Waals surface area contributed by atoms with Gasteiger partial charge in [0.25, 0.3) is 5.91 Å². The largest absolute Gasteiger partial charge is 0.331 e. The molecule has 0 bridgehead atoms. The fourth-order valence-corrected chi connectivity index (χ4v) is 1.76. The molecular weight excluding hydrogens is 206 g/mol. The number of carbonyl (C=O) groups is 3. The van der Waals surface area contributed by atoms with E-state index in [1.54, 1.807) is 0 Å². The molecule has 4 heteroatoms. The molecule has 1 unspecified atom stereocenters. The molecule has 0 saturated carbocycles. The van der Waals surface area contributed by atoms with Gasteiger partial charge in [0.2, 0.25) is 5.78 Å². The third kappa shape index (κ3) is 1.86. The Kier molecular flexibility index (Phi) is 2.81. The van der Waals surface area contributed by atoms with Gasteiger partial charge in [-0.15, -0.1) is 0 Å². The molecule has 0 N–H and O–H groups in total. The van der Waals surface area contributed by atoms with E-state index in [1.165, 1.54) is 4.90 Å². The van der Waals surface area contributed by atoms with Crippen LogP contribution in [0.2, 0.25) is 0 Å². The number of rotatable bonds is 3. The van der Waals surface area contributed by atoms with Crippen molar-refractivity contribution in [2.75, 3.05) is 6.54 Å². The summed E-state index contributed by atoms with van der Waals surface area (Å²) in [6, 6.07) is 9.39. The summed E-state index contributed by atoms with van der Waals surface area (Å²) in [5.41, 5.74) is 0.954. The number of nitrogens with zero attached hydrogens (tertiary/aromatic N) is 1. The van der Waals surface area contributed by atoms with Gasteiger partial charge in [-0.2, -0.15) is 0 Å². The normalized spacial score (nSPS) is 20.2. The van der Waals surface area contributed by atoms with E-state index in [4.69, 9.17) is 0 Å². The summed E-state index contributed by atoms with van der Waals surface area (Å²) in [4.78, 5) is 34.8. The van der Waals surface area contributed by atoms with Gasteiger partial charge in [-0.3, -0.25) is 9.59 Å². The molecule has 82 valence electrons. The van der Waals surface area contributed by atoms with Crippen LogP contribution in [0.4, 0.5) is 0 Å². The van der Waals surface area contributed by atoms with Crippen LogP contribution in [0.1, 0.15) is 5.56 Å². The molecule has 1 fully saturated rings. The zero-order chi connectivity index (χ0) is 11.5. The Morgan fingerprint density at radius 2 is 1.94 bits per heavy atom. The van der Waals surface area contributed by atoms with Crippen molar-refractivity contribution >= 4 is 18.0 Å². The van der Waals surface area contributed by atoms with Crippen molar-refractivity contribution in [2.45, 2.75) is 6.54 Å². The van der Waals surface area contributed by atoms with Gasteiger partial charge >= 0.3 is 0 Å². The van der Waals surface area contributed by atoms with Crippen LogP contribution in [0.3, 0.4) is 0 Å². The Hall–Kier alpha value is -1.97. The first-order valence-electron chi connectivity index (χ1n) is 5.04. The number of likely N-dealkylation sites (tertiary alicyclic amines) is 1. The zero-order valence-corrected chi connectivity index (χ0v) is 8.63. The van der Waals surface area contributed by atoms with Gasteiger partial charge in [0.1, 0.15) is 12.2 Å². The van der Waals surface area contributed by atoms with E-state index in [-0.39, 0.29) is 6.54 Å². The van der Waals surface area contributed by atoms with E-state index in [1.807, 2.05) is 30.3 Å². The number of Topliss-reactive ketones (excluding diaryl/α,β-unsaturated/α-hetero) is 1. The number of amides is 1. The third-order valence-electron chi connectivity index (χ3n) is 2.63. The van der Waals surface area contributed by atoms with Crippen molar-refractivity contribution < 1.29 is 14.4 Å². The van der Waals surface area contributed by atoms with Crippen LogP contribution in [-0.2, 0) is 20.9 Å². The highest BCUT2D eigenvalue weighted by Crippen LogP contribution is 2.15. The van der Waals surface area contributed by atoms with Crippen molar-refractivity contribution in [1.82, 2.24) is 4.90 Å². The average molecular weight is 217 g/mol. The van der Waals surface area contributed by atoms with Crippen LogP contribution in [0, 0.1) is 5.92 Å². The van der Waals surface area contributed by atoms with Gasteiger partial charge in [0, 0.05) is 13.1 Å². The highest BCUT2D eigenvalue weighted by molar-refractivity contribution is 6.41. The SMILES string of the molecule is O=CC1CN(Cc2ccccc2)C(=O)C1=O. The molecule has 1 aliphatic heterocycles. The lowest BCUT2D eigenvalue weighted by Gasteiger charge is -2.14. The molecule has 16 heavy (non-hydrogen) atoms. The quantitative estimate of drug-likeness (QED) is 0.418. The maximum absolute atomic E-state index is 11.5. The summed E-state index contributed by atoms with van der Waals surface area (Å²) in [5.74, 6) is -1.93. The smallest absolute Gasteiger partial charge is 0.291 e. The molecule has 1 atom stereocenters. The minimum atomic E-state index is -0.781. The lowest BCUT2D eigenvalue weighted by molar-refractivity contribution is -0.141. The summed E-state index contributed by atoms with van der Waals surface area (Å²) >= 11 is 0. The first-order chi connectivity index (χ1) is 7.72. The summed E-state index contributed by atoms with van der Waals surface area (Å²) < 4.78 is 0. The molecule has 0 aliphatic carbocycles. The number of benzene rings is 1. The number of aldehydes is 1. The van der Waals surface area contributed by atoms with Gasteiger partial charge in [0.15, 0.2) is 0 Å². The molecule has 1 aromatic rings. The van der Waals surface area contributed by atoms with Crippen LogP contribution in [-0.4, -0.2) is 29.4 Å². The van der Waals surface area contributed by atoms with Gasteiger partial charge in [0.05, 0.1) is 0 Å². The maximum Gasteiger partial charge on any atom is 0.291 e. The molecule has 1 heterocycles. The van der Waals surface area contributed by atoms with Gasteiger partial charge in [-0.25, -0.2) is 0 Å². The summed E-state index contributed by atoms with van der Waals surface area (Å²) in [7, 11) is 0. The Morgan fingerprint density at radius 3 is 2.50 bits per heavy atom. The van der Waals surface area contributed by atoms with Gasteiger partial charge in [-0.1, -0.05) is 30.3 Å². The third-order valence-corrected chi connectivity index (χ3v) is 2.63. The van der Waals surface area contributed by atoms with Crippen molar-refractivity contribution in [2.24, 2.45) is 5.92 Å². The number of carbonyl (C=O) groups excluding carboxylic acids is 3. The molecule has 2 rings (SSSR count). The van der Waals surface area contributed by atoms with E-state index >= 15 is 0 Å². The molecule has 0 radical (unpaired) electrons. The first kappa shape index (κ1) is 10.5. The zero-order valence-electron chi connectivity index (χ0n) is 8.63. The molecule has 1 saturated heterocycles. The van der Waals surface area contributed by atoms with Crippen molar-refractivity contribution in [1.29, 1.82) is 0 Å². The van der Waals surface area contributed by atoms with Crippen LogP contribution in [0.5, 0.6) is 0 Å². The Labute approximate surface area is 92.9 Å². The highest BCUT2D eigenvalue weighted by atomic mass is 16.2. The number of hydrogen-bond donors (Lipinski definition) is 0. The predicted molar refractivity (Wildman–Crippen MR) is 56.4 cm³/mol. The lowest BCUT2D eigenvalue weighted by Crippen LogP contribution is -2.26. The highest BCUT2D eigenvalue weighted by Gasteiger charge is 2.38. The van der Waals surface area contributed by atoms with Crippen LogP contribution in [0.15, 0.2) is 30.3 Å². The van der Waals surface area contributed by atoms with Crippen LogP contribution >= 0.6 is 0 Å². The topological polar surface area (TPSA) is 54.5 Å². The fourth-order valence-electron chi connectivity index (χ4n) is 1.76. The standard InChI is InChI=1S/C12H11NO3/c14-8-10-7-13(12(16)11(10)15)6-9-4-2-1-3-5-9/h1-5,8,10H,6-7H2. The molecule has 0 spiro atoms. The minimum Gasteiger partial charge on any atom is -0.331 e. The second-order valence-corrected chi connectivity index (χ2v) is 3.78. The van der Waals surface area contributed by atoms with Crippen molar-refractivity contribution in [3.05, 3.63) is 35.9 Å². The Balaban J connectivity index is 2.10. The van der Waals surface area contributed by atoms with Crippen LogP contribution < -0.4 is 0 Å². The fraction of sp³-hybridized carbons (Fsp3) is 0.250. The molecule has 4 nitrogen and oxygen atoms in total. The monoisotopic (exact) mass is 217 g/mol. The molecule has 0 aromatic heterocycles. The van der Waals surface area contributed by atoms with Crippen molar-refractivity contribution in [3.8, 4) is 0 Å². The lowest BCUT2D eigenvalue weighted by atomic mass is 10.1. The predicted octanol–water partition coefficient (Wildman–Crippen LogP) is 0.413. The van der Waals surface area contributed by atoms with E-state index in [0.717, 1.165) is 5.56 Å². The second-order valence-electron chi connectivity index (χ2n) is 3.78. The van der Waals surface area contributed by atoms with E-state index in [0.29, 0.717) is 12.8 Å². The summed E-state index contributed by atoms with van der Waals surface area (Å²) in [6.07, 6.45) is 0.547. The summed E-state index contributed by atoms with van der Waals surface area (Å²) in [6.45, 7) is 0.589. The van der Waals surface area contributed by atoms with E-state index in [2.05, 4.69) is 0 Å². The molecular formula is C12H11NO3. The number of hydrogen-bond acceptors (Lipinski definition) is 3. The molecule has 1 amide bonds. The average Bonchev–Trinajstić information content (AvgIpc) is 2.58. The summed E-state index contributed by atoms with van der Waals surface area (Å²) in [5, 5.41) is 0. The Morgan fingerprint density at radius 1 is 1.25 bits per heavy atom. The van der Waals surface area contributed by atoms with E-state index in [9.17, 15) is 14.4 Å². The maximum atomic E-state index is 11.5. The molecule has 1 aliphatic rings. The van der Waals surface area contributed by atoms with Crippen molar-refractivity contribution in [3.63, 3.8) is 0 Å². The first-order valence-corrected chi connectivity index (χ1v) is 5.04. The van der Waals surface area contributed by atoms with Crippen LogP contribution in [0.25, 0.3) is 0 Å². The van der Waals surface area contributed by atoms with E-state index < -0.39 is 17.6 Å².